The number of ether oxygens (including phenoxy) is 1. The second-order valence-electron chi connectivity index (χ2n) is 9.77. The lowest BCUT2D eigenvalue weighted by molar-refractivity contribution is -0.119. The van der Waals surface area contributed by atoms with Gasteiger partial charge in [0.2, 0.25) is 0 Å². The molecule has 2 saturated heterocycles. The fraction of sp³-hybridized carbons (Fsp3) is 0.400. The predicted octanol–water partition coefficient (Wildman–Crippen LogP) is 4.19. The number of alkyl carbamates (subject to hydrolysis) is 1. The van der Waals surface area contributed by atoms with E-state index in [1.165, 1.54) is 11.8 Å². The van der Waals surface area contributed by atoms with E-state index in [4.69, 9.17) is 4.74 Å². The summed E-state index contributed by atoms with van der Waals surface area (Å²) in [5, 5.41) is 2.87. The molecular formula is C25H28BrN3O5S2. The number of halogens is 1. The van der Waals surface area contributed by atoms with Crippen molar-refractivity contribution < 1.29 is 22.7 Å². The fourth-order valence-electron chi connectivity index (χ4n) is 4.16. The third-order valence-corrected chi connectivity index (χ3v) is 9.33. The maximum atomic E-state index is 13.5. The van der Waals surface area contributed by atoms with Crippen LogP contribution in [0.25, 0.3) is 0 Å². The molecular weight excluding hydrogens is 566 g/mol. The number of amides is 2. The van der Waals surface area contributed by atoms with Gasteiger partial charge in [-0.2, -0.15) is 4.99 Å². The molecule has 0 aliphatic carbocycles. The van der Waals surface area contributed by atoms with Crippen LogP contribution in [-0.2, 0) is 25.8 Å². The predicted molar refractivity (Wildman–Crippen MR) is 146 cm³/mol. The number of hydrogen-bond donors (Lipinski definition) is 1. The average molecular weight is 595 g/mol. The van der Waals surface area contributed by atoms with E-state index >= 15 is 0 Å². The summed E-state index contributed by atoms with van der Waals surface area (Å²) in [4.78, 5) is 32.3. The molecule has 192 valence electrons. The van der Waals surface area contributed by atoms with Crippen molar-refractivity contribution in [2.75, 3.05) is 16.4 Å². The van der Waals surface area contributed by atoms with Gasteiger partial charge in [0.1, 0.15) is 11.6 Å². The second-order valence-corrected chi connectivity index (χ2v) is 14.0. The molecule has 0 unspecified atom stereocenters. The number of rotatable bonds is 5. The number of nitrogens with one attached hydrogen (secondary N) is 1. The molecule has 0 spiro atoms. The van der Waals surface area contributed by atoms with Gasteiger partial charge in [0, 0.05) is 21.8 Å². The summed E-state index contributed by atoms with van der Waals surface area (Å²) in [5.74, 6) is -0.507. The molecule has 3 atom stereocenters. The van der Waals surface area contributed by atoms with E-state index in [1.54, 1.807) is 20.8 Å². The summed E-state index contributed by atoms with van der Waals surface area (Å²) in [7, 11) is -3.19. The van der Waals surface area contributed by atoms with Crippen molar-refractivity contribution in [3.63, 3.8) is 0 Å². The van der Waals surface area contributed by atoms with Gasteiger partial charge in [-0.05, 0) is 44.5 Å². The van der Waals surface area contributed by atoms with Crippen molar-refractivity contribution in [2.45, 2.75) is 50.1 Å². The molecule has 2 aromatic rings. The zero-order valence-corrected chi connectivity index (χ0v) is 23.4. The maximum absolute atomic E-state index is 13.5. The first-order valence-electron chi connectivity index (χ1n) is 11.5. The van der Waals surface area contributed by atoms with Crippen LogP contribution < -0.4 is 10.2 Å². The van der Waals surface area contributed by atoms with Gasteiger partial charge < -0.3 is 15.0 Å². The third-order valence-electron chi connectivity index (χ3n) is 5.63. The molecule has 2 aromatic carbocycles. The Labute approximate surface area is 223 Å². The first kappa shape index (κ1) is 26.7. The lowest BCUT2D eigenvalue weighted by atomic mass is 10.1. The minimum absolute atomic E-state index is 0.00596. The number of nitrogens with zero attached hydrogens (tertiary/aromatic N) is 2. The van der Waals surface area contributed by atoms with Crippen LogP contribution in [0, 0.1) is 0 Å². The number of thioether (sulfide) groups is 1. The van der Waals surface area contributed by atoms with Crippen molar-refractivity contribution in [1.29, 1.82) is 0 Å². The molecule has 0 saturated carbocycles. The van der Waals surface area contributed by atoms with Gasteiger partial charge >= 0.3 is 6.09 Å². The van der Waals surface area contributed by atoms with E-state index in [1.807, 2.05) is 59.5 Å². The van der Waals surface area contributed by atoms with E-state index in [0.717, 1.165) is 15.7 Å². The number of aliphatic imine (C=N–C) groups is 1. The number of carbonyl (C=O) groups excluding carboxylic acids is 2. The van der Waals surface area contributed by atoms with Gasteiger partial charge in [0.25, 0.3) is 5.91 Å². The van der Waals surface area contributed by atoms with Crippen molar-refractivity contribution in [2.24, 2.45) is 4.99 Å². The standard InChI is InChI=1S/C25H28BrN3O5S2/c1-25(2,3)34-24(31)27-19(12-16-8-5-4-6-9-16)22(30)28-23-29(18-11-7-10-17(26)13-18)20-14-36(32,33)15-21(20)35-23/h4-11,13,19-21H,12,14-15H2,1-3H3,(H,27,31)/t19-,20-,21+/m1/s1. The molecule has 2 heterocycles. The number of fused-ring (bicyclic) bond motifs is 1. The SMILES string of the molecule is CC(C)(C)OC(=O)N[C@H](Cc1ccccc1)C(=O)N=C1S[C@H]2CS(=O)(=O)C[C@H]2N1c1cccc(Br)c1. The molecule has 2 fully saturated rings. The highest BCUT2D eigenvalue weighted by atomic mass is 79.9. The van der Waals surface area contributed by atoms with Crippen molar-refractivity contribution in [3.05, 3.63) is 64.6 Å². The van der Waals surface area contributed by atoms with E-state index in [-0.39, 0.29) is 29.2 Å². The van der Waals surface area contributed by atoms with Crippen LogP contribution in [0.4, 0.5) is 10.5 Å². The monoisotopic (exact) mass is 593 g/mol. The molecule has 2 aliphatic heterocycles. The number of benzene rings is 2. The molecule has 0 aromatic heterocycles. The normalized spacial score (nSPS) is 22.8. The highest BCUT2D eigenvalue weighted by molar-refractivity contribution is 9.10. The topological polar surface area (TPSA) is 105 Å². The number of sulfone groups is 1. The minimum Gasteiger partial charge on any atom is -0.444 e. The zero-order chi connectivity index (χ0) is 26.1. The number of carbonyl (C=O) groups is 2. The van der Waals surface area contributed by atoms with E-state index in [0.29, 0.717) is 5.17 Å². The number of anilines is 1. The summed E-state index contributed by atoms with van der Waals surface area (Å²) < 4.78 is 30.9. The summed E-state index contributed by atoms with van der Waals surface area (Å²) in [6.07, 6.45) is -0.471. The number of amidine groups is 1. The smallest absolute Gasteiger partial charge is 0.408 e. The first-order chi connectivity index (χ1) is 16.9. The van der Waals surface area contributed by atoms with Crippen LogP contribution in [0.2, 0.25) is 0 Å². The lowest BCUT2D eigenvalue weighted by Crippen LogP contribution is -2.45. The van der Waals surface area contributed by atoms with Crippen LogP contribution in [0.1, 0.15) is 26.3 Å². The highest BCUT2D eigenvalue weighted by Crippen LogP contribution is 2.41. The van der Waals surface area contributed by atoms with Crippen molar-refractivity contribution >= 4 is 60.4 Å². The van der Waals surface area contributed by atoms with Gasteiger partial charge in [-0.1, -0.05) is 64.1 Å². The second kappa shape index (κ2) is 10.5. The van der Waals surface area contributed by atoms with Gasteiger partial charge in [-0.25, -0.2) is 13.2 Å². The summed E-state index contributed by atoms with van der Waals surface area (Å²) in [5.41, 5.74) is 0.878. The Bertz CT molecular complexity index is 1280. The molecule has 2 amide bonds. The molecule has 4 rings (SSSR count). The van der Waals surface area contributed by atoms with E-state index in [9.17, 15) is 18.0 Å². The third kappa shape index (κ3) is 6.68. The Hall–Kier alpha value is -2.37. The van der Waals surface area contributed by atoms with Crippen LogP contribution >= 0.6 is 27.7 Å². The number of hydrogen-bond acceptors (Lipinski definition) is 6. The van der Waals surface area contributed by atoms with Crippen LogP contribution in [0.15, 0.2) is 64.1 Å². The highest BCUT2D eigenvalue weighted by Gasteiger charge is 2.49. The van der Waals surface area contributed by atoms with Gasteiger partial charge in [-0.15, -0.1) is 0 Å². The molecule has 0 bridgehead atoms. The van der Waals surface area contributed by atoms with Crippen LogP contribution in [0.3, 0.4) is 0 Å². The van der Waals surface area contributed by atoms with Crippen LogP contribution in [0.5, 0.6) is 0 Å². The largest absolute Gasteiger partial charge is 0.444 e. The minimum atomic E-state index is -3.19. The molecule has 8 nitrogen and oxygen atoms in total. The Morgan fingerprint density at radius 2 is 1.89 bits per heavy atom. The van der Waals surface area contributed by atoms with Crippen molar-refractivity contribution in [1.82, 2.24) is 5.32 Å². The maximum Gasteiger partial charge on any atom is 0.408 e. The van der Waals surface area contributed by atoms with Gasteiger partial charge in [0.05, 0.1) is 17.5 Å². The molecule has 2 aliphatic rings. The van der Waals surface area contributed by atoms with Crippen molar-refractivity contribution in [3.8, 4) is 0 Å². The van der Waals surface area contributed by atoms with E-state index < -0.39 is 33.5 Å². The van der Waals surface area contributed by atoms with Gasteiger partial charge in [0.15, 0.2) is 15.0 Å². The molecule has 11 heteroatoms. The first-order valence-corrected chi connectivity index (χ1v) is 15.0. The fourth-order valence-corrected chi connectivity index (χ4v) is 8.47. The van der Waals surface area contributed by atoms with Gasteiger partial charge in [-0.3, -0.25) is 4.79 Å². The zero-order valence-electron chi connectivity index (χ0n) is 20.2. The molecule has 36 heavy (non-hydrogen) atoms. The average Bonchev–Trinajstić information content (AvgIpc) is 3.23. The molecule has 0 radical (unpaired) electrons. The quantitative estimate of drug-likeness (QED) is 0.554. The Kier molecular flexibility index (Phi) is 7.82. The van der Waals surface area contributed by atoms with E-state index in [2.05, 4.69) is 26.2 Å². The summed E-state index contributed by atoms with van der Waals surface area (Å²) in [6, 6.07) is 15.5. The van der Waals surface area contributed by atoms with Crippen LogP contribution in [-0.4, -0.2) is 60.0 Å². The Morgan fingerprint density at radius 3 is 2.56 bits per heavy atom. The summed E-state index contributed by atoms with van der Waals surface area (Å²) >= 11 is 4.76. The summed E-state index contributed by atoms with van der Waals surface area (Å²) in [6.45, 7) is 5.25. The lowest BCUT2D eigenvalue weighted by Gasteiger charge is -2.25. The Morgan fingerprint density at radius 1 is 1.17 bits per heavy atom. The Balaban J connectivity index is 1.65. The molecule has 1 N–H and O–H groups in total.